The maximum Gasteiger partial charge on any atom is 0.0640 e. The van der Waals surface area contributed by atoms with Crippen molar-refractivity contribution >= 4 is 17.3 Å². The molecule has 0 amide bonds. The smallest absolute Gasteiger partial charge is 0.0640 e. The second kappa shape index (κ2) is 5.66. The lowest BCUT2D eigenvalue weighted by atomic mass is 10.0. The molecule has 100 valence electrons. The van der Waals surface area contributed by atoms with E-state index in [1.807, 2.05) is 19.1 Å². The average Bonchev–Trinajstić information content (AvgIpc) is 2.34. The van der Waals surface area contributed by atoms with Gasteiger partial charge in [-0.1, -0.05) is 29.8 Å². The lowest BCUT2D eigenvalue weighted by Gasteiger charge is -2.13. The van der Waals surface area contributed by atoms with Gasteiger partial charge in [0.15, 0.2) is 0 Å². The molecule has 2 rings (SSSR count). The summed E-state index contributed by atoms with van der Waals surface area (Å²) in [6, 6.07) is 10.6. The Hall–Kier alpha value is -1.47. The highest BCUT2D eigenvalue weighted by Crippen LogP contribution is 2.24. The number of anilines is 1. The van der Waals surface area contributed by atoms with Crippen LogP contribution in [0.15, 0.2) is 30.3 Å². The second-order valence-electron chi connectivity index (χ2n) is 5.20. The van der Waals surface area contributed by atoms with Gasteiger partial charge in [0.25, 0.3) is 0 Å². The van der Waals surface area contributed by atoms with Crippen molar-refractivity contribution in [2.75, 3.05) is 5.32 Å². The monoisotopic (exact) mass is 273 g/mol. The third-order valence-electron chi connectivity index (χ3n) is 3.55. The van der Waals surface area contributed by atoms with Crippen LogP contribution in [-0.2, 0) is 6.54 Å². The van der Waals surface area contributed by atoms with E-state index in [4.69, 9.17) is 11.6 Å². The molecule has 0 unspecified atom stereocenters. The molecule has 2 aromatic rings. The van der Waals surface area contributed by atoms with Gasteiger partial charge in [-0.3, -0.25) is 0 Å². The second-order valence-corrected chi connectivity index (χ2v) is 5.61. The van der Waals surface area contributed by atoms with Crippen molar-refractivity contribution in [3.05, 3.63) is 63.2 Å². The summed E-state index contributed by atoms with van der Waals surface area (Å²) >= 11 is 6.23. The Balaban J connectivity index is 2.16. The normalized spacial score (nSPS) is 10.6. The molecule has 0 atom stereocenters. The van der Waals surface area contributed by atoms with Crippen LogP contribution in [0.25, 0.3) is 0 Å². The fraction of sp³-hybridized carbons (Fsp3) is 0.294. The van der Waals surface area contributed by atoms with E-state index in [9.17, 15) is 0 Å². The lowest BCUT2D eigenvalue weighted by Crippen LogP contribution is -2.03. The highest BCUT2D eigenvalue weighted by Gasteiger charge is 2.04. The number of hydrogen-bond acceptors (Lipinski definition) is 1. The van der Waals surface area contributed by atoms with Crippen molar-refractivity contribution in [3.63, 3.8) is 0 Å². The first-order valence-corrected chi connectivity index (χ1v) is 6.92. The molecule has 0 spiro atoms. The quantitative estimate of drug-likeness (QED) is 0.812. The summed E-state index contributed by atoms with van der Waals surface area (Å²) in [7, 11) is 0. The van der Waals surface area contributed by atoms with Crippen molar-refractivity contribution in [3.8, 4) is 0 Å². The van der Waals surface area contributed by atoms with Crippen LogP contribution in [0.3, 0.4) is 0 Å². The van der Waals surface area contributed by atoms with Crippen molar-refractivity contribution in [2.24, 2.45) is 0 Å². The molecule has 0 bridgehead atoms. The molecular weight excluding hydrogens is 254 g/mol. The number of aryl methyl sites for hydroxylation is 4. The van der Waals surface area contributed by atoms with Gasteiger partial charge in [-0.2, -0.15) is 0 Å². The molecule has 0 fully saturated rings. The fourth-order valence-corrected chi connectivity index (χ4v) is 2.47. The van der Waals surface area contributed by atoms with E-state index in [-0.39, 0.29) is 0 Å². The lowest BCUT2D eigenvalue weighted by molar-refractivity contribution is 1.10. The maximum atomic E-state index is 6.23. The number of halogens is 1. The van der Waals surface area contributed by atoms with E-state index < -0.39 is 0 Å². The minimum Gasteiger partial charge on any atom is -0.380 e. The van der Waals surface area contributed by atoms with E-state index in [0.717, 1.165) is 17.3 Å². The molecular formula is C17H20ClN. The topological polar surface area (TPSA) is 12.0 Å². The summed E-state index contributed by atoms with van der Waals surface area (Å²) in [5, 5.41) is 4.19. The van der Waals surface area contributed by atoms with Crippen LogP contribution in [0.2, 0.25) is 5.02 Å². The van der Waals surface area contributed by atoms with Crippen LogP contribution < -0.4 is 5.32 Å². The van der Waals surface area contributed by atoms with E-state index in [1.54, 1.807) is 0 Å². The van der Waals surface area contributed by atoms with Gasteiger partial charge in [0.05, 0.1) is 10.7 Å². The van der Waals surface area contributed by atoms with Gasteiger partial charge >= 0.3 is 0 Å². The summed E-state index contributed by atoms with van der Waals surface area (Å²) in [5.74, 6) is 0. The average molecular weight is 274 g/mol. The first-order valence-electron chi connectivity index (χ1n) is 6.54. The Kier molecular flexibility index (Phi) is 4.16. The minimum absolute atomic E-state index is 0.779. The van der Waals surface area contributed by atoms with E-state index in [1.165, 1.54) is 27.8 Å². The van der Waals surface area contributed by atoms with Gasteiger partial charge in [0.1, 0.15) is 0 Å². The van der Waals surface area contributed by atoms with Crippen molar-refractivity contribution < 1.29 is 0 Å². The Morgan fingerprint density at radius 2 is 1.58 bits per heavy atom. The predicted octanol–water partition coefficient (Wildman–Crippen LogP) is 5.19. The molecule has 2 aromatic carbocycles. The Morgan fingerprint density at radius 1 is 0.895 bits per heavy atom. The molecule has 0 aliphatic rings. The summed E-state index contributed by atoms with van der Waals surface area (Å²) in [6.07, 6.45) is 0. The minimum atomic E-state index is 0.779. The molecule has 0 aromatic heterocycles. The largest absolute Gasteiger partial charge is 0.380 e. The van der Waals surface area contributed by atoms with Crippen LogP contribution in [0, 0.1) is 27.7 Å². The molecule has 1 N–H and O–H groups in total. The molecule has 0 saturated heterocycles. The third-order valence-corrected chi connectivity index (χ3v) is 3.86. The van der Waals surface area contributed by atoms with Gasteiger partial charge < -0.3 is 5.32 Å². The van der Waals surface area contributed by atoms with E-state index in [2.05, 4.69) is 44.3 Å². The third kappa shape index (κ3) is 3.30. The zero-order chi connectivity index (χ0) is 14.0. The maximum absolute atomic E-state index is 6.23. The van der Waals surface area contributed by atoms with E-state index >= 15 is 0 Å². The molecule has 1 nitrogen and oxygen atoms in total. The van der Waals surface area contributed by atoms with Gasteiger partial charge in [-0.15, -0.1) is 0 Å². The van der Waals surface area contributed by atoms with Crippen molar-refractivity contribution in [2.45, 2.75) is 34.2 Å². The number of rotatable bonds is 3. The summed E-state index contributed by atoms with van der Waals surface area (Å²) in [5.41, 5.74) is 7.48. The standard InChI is InChI=1S/C17H20ClN/c1-11-5-6-17(16(18)7-11)19-10-15-9-13(3)12(2)8-14(15)4/h5-9,19H,10H2,1-4H3. The fourth-order valence-electron chi connectivity index (χ4n) is 2.16. The predicted molar refractivity (Wildman–Crippen MR) is 84.2 cm³/mol. The summed E-state index contributed by atoms with van der Waals surface area (Å²) in [6.45, 7) is 9.30. The SMILES string of the molecule is Cc1ccc(NCc2cc(C)c(C)cc2C)c(Cl)c1. The Morgan fingerprint density at radius 3 is 2.26 bits per heavy atom. The Bertz CT molecular complexity index is 602. The van der Waals surface area contributed by atoms with Crippen LogP contribution >= 0.6 is 11.6 Å². The van der Waals surface area contributed by atoms with Crippen LogP contribution in [0.5, 0.6) is 0 Å². The molecule has 0 radical (unpaired) electrons. The molecule has 0 aliphatic carbocycles. The summed E-state index contributed by atoms with van der Waals surface area (Å²) < 4.78 is 0. The van der Waals surface area contributed by atoms with Crippen LogP contribution in [0.1, 0.15) is 27.8 Å². The summed E-state index contributed by atoms with van der Waals surface area (Å²) in [4.78, 5) is 0. The van der Waals surface area contributed by atoms with Crippen LogP contribution in [0.4, 0.5) is 5.69 Å². The first kappa shape index (κ1) is 14.0. The van der Waals surface area contributed by atoms with Gasteiger partial charge in [0, 0.05) is 6.54 Å². The van der Waals surface area contributed by atoms with E-state index in [0.29, 0.717) is 0 Å². The number of nitrogens with one attached hydrogen (secondary N) is 1. The molecule has 19 heavy (non-hydrogen) atoms. The first-order chi connectivity index (χ1) is 8.97. The number of hydrogen-bond donors (Lipinski definition) is 1. The van der Waals surface area contributed by atoms with Crippen LogP contribution in [-0.4, -0.2) is 0 Å². The number of benzene rings is 2. The van der Waals surface area contributed by atoms with Gasteiger partial charge in [0.2, 0.25) is 0 Å². The van der Waals surface area contributed by atoms with Crippen molar-refractivity contribution in [1.82, 2.24) is 0 Å². The highest BCUT2D eigenvalue weighted by molar-refractivity contribution is 6.33. The molecule has 0 aliphatic heterocycles. The molecule has 0 heterocycles. The zero-order valence-electron chi connectivity index (χ0n) is 12.0. The zero-order valence-corrected chi connectivity index (χ0v) is 12.7. The highest BCUT2D eigenvalue weighted by atomic mass is 35.5. The van der Waals surface area contributed by atoms with Gasteiger partial charge in [-0.25, -0.2) is 0 Å². The van der Waals surface area contributed by atoms with Crippen molar-refractivity contribution in [1.29, 1.82) is 0 Å². The molecule has 0 saturated carbocycles. The molecule has 2 heteroatoms. The van der Waals surface area contributed by atoms with Gasteiger partial charge in [-0.05, 0) is 67.6 Å². The Labute approximate surface area is 120 Å².